The SMILES string of the molecule is Cc1cc(N2CCCCCC2CO)nc(C)n1. The molecule has 1 N–H and O–H groups in total. The minimum absolute atomic E-state index is 0.210. The highest BCUT2D eigenvalue weighted by Gasteiger charge is 2.21. The van der Waals surface area contributed by atoms with Crippen molar-refractivity contribution in [2.75, 3.05) is 18.1 Å². The Balaban J connectivity index is 2.27. The number of hydrogen-bond acceptors (Lipinski definition) is 4. The molecule has 1 aliphatic rings. The van der Waals surface area contributed by atoms with Crippen LogP contribution in [0.3, 0.4) is 0 Å². The van der Waals surface area contributed by atoms with Crippen LogP contribution in [0.25, 0.3) is 0 Å². The van der Waals surface area contributed by atoms with E-state index in [9.17, 15) is 5.11 Å². The molecule has 1 unspecified atom stereocenters. The topological polar surface area (TPSA) is 49.2 Å². The molecule has 94 valence electrons. The van der Waals surface area contributed by atoms with Crippen molar-refractivity contribution >= 4 is 5.82 Å². The van der Waals surface area contributed by atoms with Gasteiger partial charge >= 0.3 is 0 Å². The zero-order chi connectivity index (χ0) is 12.3. The highest BCUT2D eigenvalue weighted by molar-refractivity contribution is 5.41. The molecule has 1 fully saturated rings. The van der Waals surface area contributed by atoms with Gasteiger partial charge in [0, 0.05) is 18.3 Å². The molecule has 0 aliphatic carbocycles. The fraction of sp³-hybridized carbons (Fsp3) is 0.692. The van der Waals surface area contributed by atoms with E-state index in [1.807, 2.05) is 19.9 Å². The molecular weight excluding hydrogens is 214 g/mol. The second kappa shape index (κ2) is 5.45. The fourth-order valence-electron chi connectivity index (χ4n) is 2.51. The number of aryl methyl sites for hydroxylation is 2. The van der Waals surface area contributed by atoms with E-state index >= 15 is 0 Å². The summed E-state index contributed by atoms with van der Waals surface area (Å²) in [5, 5.41) is 9.50. The highest BCUT2D eigenvalue weighted by atomic mass is 16.3. The molecule has 1 atom stereocenters. The third-order valence-corrected chi connectivity index (χ3v) is 3.33. The van der Waals surface area contributed by atoms with Crippen LogP contribution in [0.15, 0.2) is 6.07 Å². The van der Waals surface area contributed by atoms with Crippen LogP contribution < -0.4 is 4.90 Å². The lowest BCUT2D eigenvalue weighted by atomic mass is 10.1. The number of rotatable bonds is 2. The van der Waals surface area contributed by atoms with Crippen LogP contribution in [0.1, 0.15) is 37.2 Å². The molecule has 4 nitrogen and oxygen atoms in total. The van der Waals surface area contributed by atoms with Crippen molar-refractivity contribution in [3.8, 4) is 0 Å². The standard InChI is InChI=1S/C13H21N3O/c1-10-8-13(15-11(2)14-10)16-7-5-3-4-6-12(16)9-17/h8,12,17H,3-7,9H2,1-2H3. The van der Waals surface area contributed by atoms with E-state index in [0.717, 1.165) is 30.3 Å². The third-order valence-electron chi connectivity index (χ3n) is 3.33. The molecular formula is C13H21N3O. The van der Waals surface area contributed by atoms with Gasteiger partial charge in [0.1, 0.15) is 11.6 Å². The summed E-state index contributed by atoms with van der Waals surface area (Å²) in [5.41, 5.74) is 0.994. The average molecular weight is 235 g/mol. The van der Waals surface area contributed by atoms with Crippen molar-refractivity contribution in [2.24, 2.45) is 0 Å². The summed E-state index contributed by atoms with van der Waals surface area (Å²) >= 11 is 0. The Bertz CT molecular complexity index is 361. The first kappa shape index (κ1) is 12.3. The molecule has 2 rings (SSSR count). The van der Waals surface area contributed by atoms with Gasteiger partial charge in [-0.05, 0) is 26.7 Å². The third kappa shape index (κ3) is 2.94. The molecule has 0 spiro atoms. The number of anilines is 1. The summed E-state index contributed by atoms with van der Waals surface area (Å²) in [6.45, 7) is 5.11. The predicted octanol–water partition coefficient (Wildman–Crippen LogP) is 1.83. The summed E-state index contributed by atoms with van der Waals surface area (Å²) in [6, 6.07) is 2.23. The largest absolute Gasteiger partial charge is 0.394 e. The van der Waals surface area contributed by atoms with Gasteiger partial charge < -0.3 is 10.0 Å². The van der Waals surface area contributed by atoms with E-state index in [-0.39, 0.29) is 12.6 Å². The van der Waals surface area contributed by atoms with Crippen LogP contribution in [0.4, 0.5) is 5.82 Å². The second-order valence-electron chi connectivity index (χ2n) is 4.79. The molecule has 0 bridgehead atoms. The number of aliphatic hydroxyl groups excluding tert-OH is 1. The maximum Gasteiger partial charge on any atom is 0.132 e. The summed E-state index contributed by atoms with van der Waals surface area (Å²) in [6.07, 6.45) is 4.68. The van der Waals surface area contributed by atoms with Crippen LogP contribution in [-0.2, 0) is 0 Å². The van der Waals surface area contributed by atoms with E-state index < -0.39 is 0 Å². The molecule has 0 saturated carbocycles. The lowest BCUT2D eigenvalue weighted by Gasteiger charge is -2.30. The van der Waals surface area contributed by atoms with Gasteiger partial charge in [0.25, 0.3) is 0 Å². The minimum atomic E-state index is 0.210. The van der Waals surface area contributed by atoms with Gasteiger partial charge in [-0.2, -0.15) is 0 Å². The molecule has 0 amide bonds. The number of aliphatic hydroxyl groups is 1. The van der Waals surface area contributed by atoms with Gasteiger partial charge in [-0.1, -0.05) is 12.8 Å². The molecule has 17 heavy (non-hydrogen) atoms. The molecule has 1 aliphatic heterocycles. The van der Waals surface area contributed by atoms with Gasteiger partial charge in [0.2, 0.25) is 0 Å². The first-order chi connectivity index (χ1) is 8.20. The summed E-state index contributed by atoms with van der Waals surface area (Å²) in [7, 11) is 0. The van der Waals surface area contributed by atoms with Gasteiger partial charge in [-0.3, -0.25) is 0 Å². The predicted molar refractivity (Wildman–Crippen MR) is 68.2 cm³/mol. The summed E-state index contributed by atoms with van der Waals surface area (Å²) in [4.78, 5) is 11.0. The smallest absolute Gasteiger partial charge is 0.132 e. The Kier molecular flexibility index (Phi) is 3.94. The normalized spacial score (nSPS) is 21.4. The molecule has 2 heterocycles. The van der Waals surface area contributed by atoms with E-state index in [0.29, 0.717) is 0 Å². The van der Waals surface area contributed by atoms with Crippen LogP contribution in [0, 0.1) is 13.8 Å². The van der Waals surface area contributed by atoms with Crippen molar-refractivity contribution in [1.82, 2.24) is 9.97 Å². The monoisotopic (exact) mass is 235 g/mol. The zero-order valence-electron chi connectivity index (χ0n) is 10.7. The van der Waals surface area contributed by atoms with Gasteiger partial charge in [0.05, 0.1) is 12.6 Å². The Hall–Kier alpha value is -1.16. The lowest BCUT2D eigenvalue weighted by molar-refractivity contribution is 0.254. The zero-order valence-corrected chi connectivity index (χ0v) is 10.7. The molecule has 0 radical (unpaired) electrons. The van der Waals surface area contributed by atoms with Crippen LogP contribution in [0.2, 0.25) is 0 Å². The van der Waals surface area contributed by atoms with Gasteiger partial charge in [0.15, 0.2) is 0 Å². The van der Waals surface area contributed by atoms with Crippen LogP contribution in [-0.4, -0.2) is 34.3 Å². The van der Waals surface area contributed by atoms with E-state index in [1.165, 1.54) is 19.3 Å². The Morgan fingerprint density at radius 1 is 1.29 bits per heavy atom. The summed E-state index contributed by atoms with van der Waals surface area (Å²) in [5.74, 6) is 1.77. The average Bonchev–Trinajstić information content (AvgIpc) is 2.52. The van der Waals surface area contributed by atoms with Crippen LogP contribution in [0.5, 0.6) is 0 Å². The van der Waals surface area contributed by atoms with Crippen molar-refractivity contribution in [1.29, 1.82) is 0 Å². The molecule has 0 aromatic carbocycles. The summed E-state index contributed by atoms with van der Waals surface area (Å²) < 4.78 is 0. The quantitative estimate of drug-likeness (QED) is 0.849. The maximum atomic E-state index is 9.50. The van der Waals surface area contributed by atoms with E-state index in [1.54, 1.807) is 0 Å². The number of nitrogens with zero attached hydrogens (tertiary/aromatic N) is 3. The van der Waals surface area contributed by atoms with E-state index in [2.05, 4.69) is 14.9 Å². The van der Waals surface area contributed by atoms with Gasteiger partial charge in [-0.25, -0.2) is 9.97 Å². The van der Waals surface area contributed by atoms with Crippen molar-refractivity contribution in [3.05, 3.63) is 17.6 Å². The first-order valence-electron chi connectivity index (χ1n) is 6.40. The van der Waals surface area contributed by atoms with Gasteiger partial charge in [-0.15, -0.1) is 0 Å². The Labute approximate surface area is 103 Å². The van der Waals surface area contributed by atoms with Crippen molar-refractivity contribution in [3.63, 3.8) is 0 Å². The number of hydrogen-bond donors (Lipinski definition) is 1. The molecule has 1 saturated heterocycles. The maximum absolute atomic E-state index is 9.50. The minimum Gasteiger partial charge on any atom is -0.394 e. The lowest BCUT2D eigenvalue weighted by Crippen LogP contribution is -2.38. The molecule has 4 heteroatoms. The van der Waals surface area contributed by atoms with Crippen LogP contribution >= 0.6 is 0 Å². The highest BCUT2D eigenvalue weighted by Crippen LogP contribution is 2.22. The fourth-order valence-corrected chi connectivity index (χ4v) is 2.51. The second-order valence-corrected chi connectivity index (χ2v) is 4.79. The Morgan fingerprint density at radius 2 is 2.12 bits per heavy atom. The molecule has 1 aromatic heterocycles. The molecule has 1 aromatic rings. The number of aromatic nitrogens is 2. The first-order valence-corrected chi connectivity index (χ1v) is 6.40. The van der Waals surface area contributed by atoms with E-state index in [4.69, 9.17) is 0 Å². The van der Waals surface area contributed by atoms with Crippen molar-refractivity contribution < 1.29 is 5.11 Å². The Morgan fingerprint density at radius 3 is 2.82 bits per heavy atom. The van der Waals surface area contributed by atoms with Crippen molar-refractivity contribution in [2.45, 2.75) is 45.6 Å².